The maximum atomic E-state index is 10.3. The maximum absolute atomic E-state index is 10.3. The summed E-state index contributed by atoms with van der Waals surface area (Å²) in [7, 11) is 1.91. The molecule has 1 aromatic heterocycles. The van der Waals surface area contributed by atoms with Gasteiger partial charge in [0, 0.05) is 31.7 Å². The van der Waals surface area contributed by atoms with E-state index in [0.717, 1.165) is 34.9 Å². The number of aliphatic hydroxyl groups excluding tert-OH is 1. The Morgan fingerprint density at radius 3 is 2.24 bits per heavy atom. The minimum absolute atomic E-state index is 0.282. The summed E-state index contributed by atoms with van der Waals surface area (Å²) in [6.07, 6.45) is 0.377. The average Bonchev–Trinajstić information content (AvgIpc) is 3.04. The first-order chi connectivity index (χ1) is 14.0. The van der Waals surface area contributed by atoms with Crippen molar-refractivity contribution in [2.45, 2.75) is 45.9 Å². The number of benzene rings is 2. The minimum Gasteiger partial charge on any atom is -0.439 e. The van der Waals surface area contributed by atoms with Crippen molar-refractivity contribution in [3.8, 4) is 22.9 Å². The fourth-order valence-electron chi connectivity index (χ4n) is 3.31. The molecule has 0 spiro atoms. The molecule has 0 unspecified atom stereocenters. The average molecular weight is 394 g/mol. The molecule has 1 atom stereocenters. The van der Waals surface area contributed by atoms with Crippen LogP contribution in [-0.2, 0) is 13.6 Å². The molecule has 2 aromatic carbocycles. The van der Waals surface area contributed by atoms with Crippen LogP contribution in [0.3, 0.4) is 0 Å². The fraction of sp³-hybridized carbons (Fsp3) is 0.375. The number of aromatic nitrogens is 2. The van der Waals surface area contributed by atoms with Gasteiger partial charge in [0.25, 0.3) is 0 Å². The molecule has 154 valence electrons. The zero-order chi connectivity index (χ0) is 20.8. The highest BCUT2D eigenvalue weighted by Crippen LogP contribution is 2.34. The standard InChI is InChI=1S/C24H31N3O2/c1-5-20(28)16-27(18(2)3)17-22-23(19-12-8-6-9-13-19)25-26(4)24(22)29-21-14-10-7-11-15-21/h6-15,18,20,28H,5,16-17H2,1-4H3/t20-/m0/s1. The zero-order valence-electron chi connectivity index (χ0n) is 17.7. The van der Waals surface area contributed by atoms with E-state index >= 15 is 0 Å². The molecule has 1 heterocycles. The molecule has 0 saturated carbocycles. The molecule has 0 radical (unpaired) electrons. The van der Waals surface area contributed by atoms with E-state index in [1.165, 1.54) is 0 Å². The van der Waals surface area contributed by atoms with Gasteiger partial charge >= 0.3 is 0 Å². The Morgan fingerprint density at radius 1 is 1.03 bits per heavy atom. The van der Waals surface area contributed by atoms with E-state index < -0.39 is 0 Å². The van der Waals surface area contributed by atoms with Gasteiger partial charge < -0.3 is 9.84 Å². The zero-order valence-corrected chi connectivity index (χ0v) is 17.7. The second kappa shape index (κ2) is 9.72. The van der Waals surface area contributed by atoms with Gasteiger partial charge in [0.15, 0.2) is 0 Å². The molecule has 5 heteroatoms. The van der Waals surface area contributed by atoms with Crippen molar-refractivity contribution in [3.05, 3.63) is 66.2 Å². The van der Waals surface area contributed by atoms with Crippen molar-refractivity contribution < 1.29 is 9.84 Å². The van der Waals surface area contributed by atoms with Crippen LogP contribution in [0.5, 0.6) is 11.6 Å². The Balaban J connectivity index is 2.03. The van der Waals surface area contributed by atoms with Crippen LogP contribution in [0.4, 0.5) is 0 Å². The molecule has 0 aliphatic rings. The third-order valence-electron chi connectivity index (χ3n) is 5.10. The third kappa shape index (κ3) is 5.25. The topological polar surface area (TPSA) is 50.5 Å². The number of hydrogen-bond acceptors (Lipinski definition) is 4. The van der Waals surface area contributed by atoms with E-state index in [4.69, 9.17) is 9.84 Å². The van der Waals surface area contributed by atoms with Crippen LogP contribution < -0.4 is 4.74 Å². The molecule has 0 aliphatic heterocycles. The molecule has 0 saturated heterocycles. The van der Waals surface area contributed by atoms with Crippen LogP contribution >= 0.6 is 0 Å². The minimum atomic E-state index is -0.354. The molecular formula is C24H31N3O2. The lowest BCUT2D eigenvalue weighted by molar-refractivity contribution is 0.0878. The molecule has 3 aromatic rings. The van der Waals surface area contributed by atoms with Crippen molar-refractivity contribution in [3.63, 3.8) is 0 Å². The van der Waals surface area contributed by atoms with Crippen molar-refractivity contribution in [2.75, 3.05) is 6.54 Å². The Morgan fingerprint density at radius 2 is 1.66 bits per heavy atom. The summed E-state index contributed by atoms with van der Waals surface area (Å²) in [5, 5.41) is 15.0. The molecule has 5 nitrogen and oxygen atoms in total. The molecule has 29 heavy (non-hydrogen) atoms. The number of aryl methyl sites for hydroxylation is 1. The summed E-state index contributed by atoms with van der Waals surface area (Å²) in [5.41, 5.74) is 3.00. The molecule has 0 bridgehead atoms. The monoisotopic (exact) mass is 393 g/mol. The molecular weight excluding hydrogens is 362 g/mol. The summed E-state index contributed by atoms with van der Waals surface area (Å²) in [6, 6.07) is 20.2. The SMILES string of the molecule is CC[C@H](O)CN(Cc1c(-c2ccccc2)nn(C)c1Oc1ccccc1)C(C)C. The van der Waals surface area contributed by atoms with E-state index in [1.807, 2.05) is 62.5 Å². The van der Waals surface area contributed by atoms with Crippen LogP contribution in [0.2, 0.25) is 0 Å². The highest BCUT2D eigenvalue weighted by atomic mass is 16.5. The quantitative estimate of drug-likeness (QED) is 0.564. The van der Waals surface area contributed by atoms with Gasteiger partial charge in [-0.25, -0.2) is 4.68 Å². The Labute approximate surface area is 173 Å². The smallest absolute Gasteiger partial charge is 0.222 e. The Kier molecular flexibility index (Phi) is 7.07. The summed E-state index contributed by atoms with van der Waals surface area (Å²) >= 11 is 0. The summed E-state index contributed by atoms with van der Waals surface area (Å²) in [4.78, 5) is 2.27. The lowest BCUT2D eigenvalue weighted by atomic mass is 10.1. The molecule has 3 rings (SSSR count). The second-order valence-corrected chi connectivity index (χ2v) is 7.62. The van der Waals surface area contributed by atoms with Crippen LogP contribution in [0, 0.1) is 0 Å². The lowest BCUT2D eigenvalue weighted by Gasteiger charge is -2.28. The molecule has 1 N–H and O–H groups in total. The van der Waals surface area contributed by atoms with Gasteiger partial charge in [0.05, 0.1) is 11.7 Å². The lowest BCUT2D eigenvalue weighted by Crippen LogP contribution is -2.37. The van der Waals surface area contributed by atoms with E-state index in [1.54, 1.807) is 4.68 Å². The summed E-state index contributed by atoms with van der Waals surface area (Å²) in [5.74, 6) is 1.51. The van der Waals surface area contributed by atoms with Crippen molar-refractivity contribution in [2.24, 2.45) is 7.05 Å². The van der Waals surface area contributed by atoms with Gasteiger partial charge in [0.1, 0.15) is 11.4 Å². The molecule has 0 fully saturated rings. The normalized spacial score (nSPS) is 12.5. The number of para-hydroxylation sites is 1. The second-order valence-electron chi connectivity index (χ2n) is 7.62. The predicted molar refractivity (Wildman–Crippen MR) is 117 cm³/mol. The van der Waals surface area contributed by atoms with Gasteiger partial charge in [-0.2, -0.15) is 5.10 Å². The summed E-state index contributed by atoms with van der Waals surface area (Å²) in [6.45, 7) is 7.57. The number of nitrogens with zero attached hydrogens (tertiary/aromatic N) is 3. The van der Waals surface area contributed by atoms with E-state index in [2.05, 4.69) is 30.9 Å². The first-order valence-corrected chi connectivity index (χ1v) is 10.3. The Bertz CT molecular complexity index is 891. The van der Waals surface area contributed by atoms with Crippen LogP contribution in [0.15, 0.2) is 60.7 Å². The largest absolute Gasteiger partial charge is 0.439 e. The molecule has 0 amide bonds. The maximum Gasteiger partial charge on any atom is 0.222 e. The Hall–Kier alpha value is -2.63. The van der Waals surface area contributed by atoms with Crippen LogP contribution in [0.1, 0.15) is 32.8 Å². The van der Waals surface area contributed by atoms with Gasteiger partial charge in [-0.05, 0) is 32.4 Å². The van der Waals surface area contributed by atoms with Gasteiger partial charge in [-0.15, -0.1) is 0 Å². The van der Waals surface area contributed by atoms with Crippen LogP contribution in [-0.4, -0.2) is 38.5 Å². The van der Waals surface area contributed by atoms with E-state index in [0.29, 0.717) is 13.1 Å². The number of ether oxygens (including phenoxy) is 1. The van der Waals surface area contributed by atoms with Gasteiger partial charge in [-0.1, -0.05) is 55.5 Å². The number of hydrogen-bond donors (Lipinski definition) is 1. The van der Waals surface area contributed by atoms with Gasteiger partial charge in [-0.3, -0.25) is 4.90 Å². The fourth-order valence-corrected chi connectivity index (χ4v) is 3.31. The summed E-state index contributed by atoms with van der Waals surface area (Å²) < 4.78 is 8.07. The first-order valence-electron chi connectivity index (χ1n) is 10.3. The molecule has 0 aliphatic carbocycles. The number of rotatable bonds is 9. The highest BCUT2D eigenvalue weighted by Gasteiger charge is 2.24. The van der Waals surface area contributed by atoms with E-state index in [9.17, 15) is 5.11 Å². The van der Waals surface area contributed by atoms with Crippen molar-refractivity contribution in [1.29, 1.82) is 0 Å². The third-order valence-corrected chi connectivity index (χ3v) is 5.10. The first kappa shape index (κ1) is 21.1. The van der Waals surface area contributed by atoms with Crippen molar-refractivity contribution >= 4 is 0 Å². The predicted octanol–water partition coefficient (Wildman–Crippen LogP) is 4.86. The number of aliphatic hydroxyl groups is 1. The highest BCUT2D eigenvalue weighted by molar-refractivity contribution is 5.65. The van der Waals surface area contributed by atoms with E-state index in [-0.39, 0.29) is 12.1 Å². The van der Waals surface area contributed by atoms with Gasteiger partial charge in [0.2, 0.25) is 5.88 Å². The van der Waals surface area contributed by atoms with Crippen molar-refractivity contribution in [1.82, 2.24) is 14.7 Å². The van der Waals surface area contributed by atoms with Crippen LogP contribution in [0.25, 0.3) is 11.3 Å².